The summed E-state index contributed by atoms with van der Waals surface area (Å²) < 4.78 is 11.3. The number of rotatable bonds is 19. The molecule has 0 saturated heterocycles. The van der Waals surface area contributed by atoms with E-state index in [0.717, 1.165) is 30.6 Å². The molecule has 1 aromatic rings. The maximum absolute atomic E-state index is 12.3. The van der Waals surface area contributed by atoms with Gasteiger partial charge in [0.15, 0.2) is 6.10 Å². The Bertz CT molecular complexity index is 582. The Labute approximate surface area is 192 Å². The van der Waals surface area contributed by atoms with Crippen molar-refractivity contribution < 1.29 is 14.3 Å². The summed E-state index contributed by atoms with van der Waals surface area (Å²) in [6.45, 7) is 8.60. The summed E-state index contributed by atoms with van der Waals surface area (Å²) in [7, 11) is 0. The monoisotopic (exact) mass is 432 g/mol. The first-order chi connectivity index (χ1) is 15.1. The molecule has 0 aromatic heterocycles. The van der Waals surface area contributed by atoms with Crippen LogP contribution in [0.3, 0.4) is 0 Å². The van der Waals surface area contributed by atoms with Gasteiger partial charge < -0.3 is 9.47 Å². The maximum Gasteiger partial charge on any atom is 0.347 e. The lowest BCUT2D eigenvalue weighted by atomic mass is 10.0. The second kappa shape index (κ2) is 18.1. The van der Waals surface area contributed by atoms with Crippen molar-refractivity contribution in [3.05, 3.63) is 29.3 Å². The van der Waals surface area contributed by atoms with Crippen LogP contribution in [0.25, 0.3) is 0 Å². The molecule has 1 aromatic carbocycles. The Morgan fingerprint density at radius 3 is 1.77 bits per heavy atom. The van der Waals surface area contributed by atoms with Crippen LogP contribution in [0.1, 0.15) is 121 Å². The van der Waals surface area contributed by atoms with E-state index in [1.54, 1.807) is 0 Å². The first-order valence-corrected chi connectivity index (χ1v) is 13.0. The van der Waals surface area contributed by atoms with Gasteiger partial charge in [-0.2, -0.15) is 0 Å². The highest BCUT2D eigenvalue weighted by Crippen LogP contribution is 2.22. The van der Waals surface area contributed by atoms with Crippen molar-refractivity contribution in [2.45, 2.75) is 130 Å². The Hall–Kier alpha value is -1.51. The van der Waals surface area contributed by atoms with Crippen LogP contribution in [0.2, 0.25) is 0 Å². The first-order valence-electron chi connectivity index (χ1n) is 13.0. The fourth-order valence-corrected chi connectivity index (χ4v) is 4.07. The summed E-state index contributed by atoms with van der Waals surface area (Å²) in [5.41, 5.74) is 2.26. The number of ether oxygens (including phenoxy) is 2. The number of carbonyl (C=O) groups excluding carboxylic acids is 1. The van der Waals surface area contributed by atoms with Gasteiger partial charge in [-0.15, -0.1) is 0 Å². The van der Waals surface area contributed by atoms with Crippen LogP contribution in [-0.2, 0) is 9.53 Å². The molecule has 178 valence electrons. The van der Waals surface area contributed by atoms with E-state index in [-0.39, 0.29) is 5.97 Å². The van der Waals surface area contributed by atoms with Crippen LogP contribution < -0.4 is 4.74 Å². The number of hydrogen-bond acceptors (Lipinski definition) is 3. The SMILES string of the molecule is CCCCCCCCCCCCCCCCC(Oc1ccc(C)cc1C)C(=O)OCC. The highest BCUT2D eigenvalue weighted by atomic mass is 16.6. The van der Waals surface area contributed by atoms with Gasteiger partial charge in [0.1, 0.15) is 5.75 Å². The van der Waals surface area contributed by atoms with Crippen molar-refractivity contribution in [3.63, 3.8) is 0 Å². The van der Waals surface area contributed by atoms with Crippen molar-refractivity contribution >= 4 is 5.97 Å². The van der Waals surface area contributed by atoms with Gasteiger partial charge in [-0.1, -0.05) is 108 Å². The summed E-state index contributed by atoms with van der Waals surface area (Å²) in [4.78, 5) is 12.3. The number of aryl methyl sites for hydroxylation is 2. The average molecular weight is 433 g/mol. The summed E-state index contributed by atoms with van der Waals surface area (Å²) in [5, 5.41) is 0. The standard InChI is InChI=1S/C28H48O3/c1-5-7-8-9-10-11-12-13-14-15-16-17-18-19-20-27(28(29)30-6-2)31-26-22-21-24(3)23-25(26)4/h21-23,27H,5-20H2,1-4H3. The number of carbonyl (C=O) groups is 1. The minimum absolute atomic E-state index is 0.239. The molecular weight excluding hydrogens is 384 g/mol. The minimum Gasteiger partial charge on any atom is -0.478 e. The highest BCUT2D eigenvalue weighted by molar-refractivity contribution is 5.75. The van der Waals surface area contributed by atoms with Gasteiger partial charge >= 0.3 is 5.97 Å². The van der Waals surface area contributed by atoms with Gasteiger partial charge in [-0.25, -0.2) is 4.79 Å². The van der Waals surface area contributed by atoms with E-state index in [1.165, 1.54) is 82.6 Å². The molecule has 0 bridgehead atoms. The lowest BCUT2D eigenvalue weighted by Crippen LogP contribution is -2.29. The molecule has 31 heavy (non-hydrogen) atoms. The van der Waals surface area contributed by atoms with Crippen LogP contribution in [-0.4, -0.2) is 18.7 Å². The van der Waals surface area contributed by atoms with Crippen LogP contribution in [0.5, 0.6) is 5.75 Å². The first kappa shape index (κ1) is 27.5. The Balaban J connectivity index is 2.15. The van der Waals surface area contributed by atoms with Crippen molar-refractivity contribution in [3.8, 4) is 5.75 Å². The molecule has 0 saturated carbocycles. The molecule has 0 fully saturated rings. The Kier molecular flexibility index (Phi) is 16.1. The van der Waals surface area contributed by atoms with Gasteiger partial charge in [0.25, 0.3) is 0 Å². The zero-order valence-corrected chi connectivity index (χ0v) is 20.8. The van der Waals surface area contributed by atoms with Gasteiger partial charge in [-0.3, -0.25) is 0 Å². The highest BCUT2D eigenvalue weighted by Gasteiger charge is 2.22. The van der Waals surface area contributed by atoms with Crippen molar-refractivity contribution in [1.29, 1.82) is 0 Å². The quantitative estimate of drug-likeness (QED) is 0.162. The summed E-state index contributed by atoms with van der Waals surface area (Å²) >= 11 is 0. The molecular formula is C28H48O3. The predicted octanol–water partition coefficient (Wildman–Crippen LogP) is 8.49. The molecule has 0 aliphatic rings. The van der Waals surface area contributed by atoms with Crippen molar-refractivity contribution in [2.24, 2.45) is 0 Å². The summed E-state index contributed by atoms with van der Waals surface area (Å²) in [5.74, 6) is 0.547. The zero-order chi connectivity index (χ0) is 22.7. The predicted molar refractivity (Wildman–Crippen MR) is 132 cm³/mol. The molecule has 0 aliphatic heterocycles. The number of unbranched alkanes of at least 4 members (excludes halogenated alkanes) is 13. The topological polar surface area (TPSA) is 35.5 Å². The van der Waals surface area contributed by atoms with Crippen LogP contribution in [0, 0.1) is 13.8 Å². The molecule has 0 radical (unpaired) electrons. The fraction of sp³-hybridized carbons (Fsp3) is 0.750. The van der Waals surface area contributed by atoms with Gasteiger partial charge in [0.05, 0.1) is 6.61 Å². The fourth-order valence-electron chi connectivity index (χ4n) is 4.07. The van der Waals surface area contributed by atoms with E-state index in [1.807, 2.05) is 26.0 Å². The molecule has 1 rings (SSSR count). The van der Waals surface area contributed by atoms with E-state index in [9.17, 15) is 4.79 Å². The normalized spacial score (nSPS) is 12.0. The van der Waals surface area contributed by atoms with Crippen LogP contribution >= 0.6 is 0 Å². The van der Waals surface area contributed by atoms with E-state index < -0.39 is 6.10 Å². The van der Waals surface area contributed by atoms with E-state index >= 15 is 0 Å². The molecule has 0 aliphatic carbocycles. The number of esters is 1. The zero-order valence-electron chi connectivity index (χ0n) is 20.8. The van der Waals surface area contributed by atoms with Gasteiger partial charge in [0.2, 0.25) is 0 Å². The maximum atomic E-state index is 12.3. The lowest BCUT2D eigenvalue weighted by Gasteiger charge is -2.19. The van der Waals surface area contributed by atoms with Gasteiger partial charge in [-0.05, 0) is 45.2 Å². The third kappa shape index (κ3) is 13.5. The molecule has 1 atom stereocenters. The minimum atomic E-state index is -0.501. The molecule has 0 amide bonds. The number of hydrogen-bond donors (Lipinski definition) is 0. The van der Waals surface area contributed by atoms with Gasteiger partial charge in [0, 0.05) is 0 Å². The van der Waals surface area contributed by atoms with Crippen LogP contribution in [0.4, 0.5) is 0 Å². The largest absolute Gasteiger partial charge is 0.478 e. The second-order valence-corrected chi connectivity index (χ2v) is 9.01. The van der Waals surface area contributed by atoms with Crippen molar-refractivity contribution in [1.82, 2.24) is 0 Å². The molecule has 1 unspecified atom stereocenters. The van der Waals surface area contributed by atoms with E-state index in [4.69, 9.17) is 9.47 Å². The molecule has 3 heteroatoms. The molecule has 0 N–H and O–H groups in total. The summed E-state index contributed by atoms with van der Waals surface area (Å²) in [6.07, 6.45) is 18.9. The van der Waals surface area contributed by atoms with Crippen molar-refractivity contribution in [2.75, 3.05) is 6.61 Å². The lowest BCUT2D eigenvalue weighted by molar-refractivity contribution is -0.151. The Morgan fingerprint density at radius 1 is 0.774 bits per heavy atom. The smallest absolute Gasteiger partial charge is 0.347 e. The molecule has 3 nitrogen and oxygen atoms in total. The average Bonchev–Trinajstić information content (AvgIpc) is 2.74. The van der Waals surface area contributed by atoms with E-state index in [0.29, 0.717) is 6.61 Å². The van der Waals surface area contributed by atoms with Crippen LogP contribution in [0.15, 0.2) is 18.2 Å². The Morgan fingerprint density at radius 2 is 1.29 bits per heavy atom. The second-order valence-electron chi connectivity index (χ2n) is 9.01. The number of benzene rings is 1. The summed E-state index contributed by atoms with van der Waals surface area (Å²) in [6, 6.07) is 6.07. The third-order valence-electron chi connectivity index (χ3n) is 5.97. The molecule has 0 spiro atoms. The van der Waals surface area contributed by atoms with E-state index in [2.05, 4.69) is 19.9 Å². The third-order valence-corrected chi connectivity index (χ3v) is 5.97. The molecule has 0 heterocycles.